The average Bonchev–Trinajstić information content (AvgIpc) is 3.29. The Morgan fingerprint density at radius 2 is 1.46 bits per heavy atom. The second-order valence-corrected chi connectivity index (χ2v) is 15.4. The molecule has 4 saturated carbocycles. The molecule has 1 saturated heterocycles. The van der Waals surface area contributed by atoms with Gasteiger partial charge < -0.3 is 33.2 Å². The Labute approximate surface area is 290 Å². The Hall–Kier alpha value is -4.07. The first-order valence-corrected chi connectivity index (χ1v) is 17.0. The predicted octanol–water partition coefficient (Wildman–Crippen LogP) is 3.33. The first-order chi connectivity index (χ1) is 23.3. The van der Waals surface area contributed by atoms with Crippen LogP contribution in [0, 0.1) is 40.4 Å². The van der Waals surface area contributed by atoms with Crippen molar-refractivity contribution in [3.8, 4) is 0 Å². The topological polar surface area (TPSA) is 180 Å². The molecule has 0 spiro atoms. The quantitative estimate of drug-likeness (QED) is 0.299. The molecule has 0 aromatic carbocycles. The predicted molar refractivity (Wildman–Crippen MR) is 168 cm³/mol. The fourth-order valence-electron chi connectivity index (χ4n) is 10.7. The van der Waals surface area contributed by atoms with Crippen LogP contribution in [0.1, 0.15) is 85.5 Å². The SMILES string of the molecule is CC(=O)O[C@H]1[C@H]2[C@H](OC(C)=O)[C@]34[C@@H](OC(C)=O)O[C@](C)([C@@H](OC(C)=O)[C@]2(OC(C)=O)C[C@H]1C)[C@H]3[C@H]1[C@@H](C[C@@H]4OC(=O)c2cccnc2)C1(C)C. The summed E-state index contributed by atoms with van der Waals surface area (Å²) in [6, 6.07) is 3.13. The fourth-order valence-corrected chi connectivity index (χ4v) is 10.7. The second kappa shape index (κ2) is 12.0. The third-order valence-corrected chi connectivity index (χ3v) is 12.0. The van der Waals surface area contributed by atoms with Gasteiger partial charge in [0.1, 0.15) is 29.3 Å². The molecule has 5 fully saturated rings. The molecule has 50 heavy (non-hydrogen) atoms. The van der Waals surface area contributed by atoms with Gasteiger partial charge in [0, 0.05) is 52.9 Å². The van der Waals surface area contributed by atoms with E-state index >= 15 is 0 Å². The zero-order valence-electron chi connectivity index (χ0n) is 29.8. The van der Waals surface area contributed by atoms with E-state index in [0.29, 0.717) is 0 Å². The van der Waals surface area contributed by atoms with Crippen molar-refractivity contribution in [1.29, 1.82) is 0 Å². The number of hydrogen-bond donors (Lipinski definition) is 0. The summed E-state index contributed by atoms with van der Waals surface area (Å²) in [5, 5.41) is 0. The normalized spacial score (nSPS) is 41.5. The number of fused-ring (bicyclic) bond motifs is 2. The molecule has 6 rings (SSSR count). The standard InChI is InChI=1S/C36H45NO13/c1-16-14-35(49-21(6)42)26(27(16)44-17(2)38)29(45-18(3)39)36-24(48-30(43)22-11-10-12-37-15-22)13-23-25(33(23,7)8)28(36)34(9,31(35)46-19(4)40)50-32(36)47-20(5)41/h10-12,15-16,23-29,31-32H,13-14H2,1-9H3/t16-,23-,24+,25-,26+,27-,28-,29+,31-,32+,34+,35+,36-/m1/s1. The third kappa shape index (κ3) is 5.19. The van der Waals surface area contributed by atoms with Gasteiger partial charge in [-0.1, -0.05) is 20.8 Å². The van der Waals surface area contributed by atoms with Gasteiger partial charge in [-0.25, -0.2) is 4.79 Å². The molecule has 1 aromatic heterocycles. The van der Waals surface area contributed by atoms with E-state index in [9.17, 15) is 28.8 Å². The first kappa shape index (κ1) is 35.7. The number of ether oxygens (including phenoxy) is 7. The number of pyridine rings is 1. The van der Waals surface area contributed by atoms with Gasteiger partial charge in [-0.2, -0.15) is 0 Å². The van der Waals surface area contributed by atoms with Gasteiger partial charge in [-0.3, -0.25) is 29.0 Å². The van der Waals surface area contributed by atoms with Gasteiger partial charge in [0.2, 0.25) is 6.29 Å². The highest BCUT2D eigenvalue weighted by Gasteiger charge is 2.89. The lowest BCUT2D eigenvalue weighted by Gasteiger charge is -2.52. The van der Waals surface area contributed by atoms with Crippen LogP contribution in [0.2, 0.25) is 0 Å². The number of aromatic nitrogens is 1. The number of carbonyl (C=O) groups is 6. The zero-order chi connectivity index (χ0) is 36.7. The van der Waals surface area contributed by atoms with Crippen LogP contribution in [0.15, 0.2) is 24.5 Å². The van der Waals surface area contributed by atoms with Crippen LogP contribution in [-0.2, 0) is 57.1 Å². The Morgan fingerprint density at radius 1 is 0.820 bits per heavy atom. The monoisotopic (exact) mass is 699 g/mol. The van der Waals surface area contributed by atoms with E-state index in [2.05, 4.69) is 18.8 Å². The molecule has 0 amide bonds. The van der Waals surface area contributed by atoms with Crippen LogP contribution in [0.25, 0.3) is 0 Å². The lowest BCUT2D eigenvalue weighted by Crippen LogP contribution is -2.66. The molecule has 0 N–H and O–H groups in total. The first-order valence-electron chi connectivity index (χ1n) is 17.0. The summed E-state index contributed by atoms with van der Waals surface area (Å²) in [4.78, 5) is 83.3. The van der Waals surface area contributed by atoms with Crippen molar-refractivity contribution in [1.82, 2.24) is 4.98 Å². The van der Waals surface area contributed by atoms with Crippen LogP contribution in [0.4, 0.5) is 0 Å². The molecule has 0 unspecified atom stereocenters. The molecule has 1 aliphatic heterocycles. The second-order valence-electron chi connectivity index (χ2n) is 15.4. The van der Waals surface area contributed by atoms with E-state index < -0.39 is 106 Å². The largest absolute Gasteiger partial charge is 0.462 e. The highest BCUT2D eigenvalue weighted by atomic mass is 16.7. The van der Waals surface area contributed by atoms with Crippen LogP contribution in [-0.4, -0.2) is 82.7 Å². The number of esters is 6. The minimum atomic E-state index is -1.79. The van der Waals surface area contributed by atoms with Gasteiger partial charge >= 0.3 is 35.8 Å². The summed E-state index contributed by atoms with van der Waals surface area (Å²) in [5.74, 6) is -7.14. The van der Waals surface area contributed by atoms with Crippen LogP contribution in [0.5, 0.6) is 0 Å². The Kier molecular flexibility index (Phi) is 8.59. The maximum Gasteiger partial charge on any atom is 0.340 e. The lowest BCUT2D eigenvalue weighted by atomic mass is 9.56. The van der Waals surface area contributed by atoms with Crippen molar-refractivity contribution in [3.05, 3.63) is 30.1 Å². The Balaban J connectivity index is 1.72. The van der Waals surface area contributed by atoms with E-state index in [1.54, 1.807) is 26.0 Å². The summed E-state index contributed by atoms with van der Waals surface area (Å²) in [7, 11) is 0. The van der Waals surface area contributed by atoms with Crippen molar-refractivity contribution in [3.63, 3.8) is 0 Å². The van der Waals surface area contributed by atoms with Crippen LogP contribution >= 0.6 is 0 Å². The van der Waals surface area contributed by atoms with E-state index in [1.807, 2.05) is 0 Å². The van der Waals surface area contributed by atoms with Gasteiger partial charge in [0.25, 0.3) is 0 Å². The molecule has 0 radical (unpaired) electrons. The highest BCUT2D eigenvalue weighted by molar-refractivity contribution is 5.89. The molecule has 5 aliphatic rings. The lowest BCUT2D eigenvalue weighted by molar-refractivity contribution is -0.292. The van der Waals surface area contributed by atoms with Crippen LogP contribution < -0.4 is 0 Å². The van der Waals surface area contributed by atoms with Crippen molar-refractivity contribution in [2.24, 2.45) is 40.4 Å². The summed E-state index contributed by atoms with van der Waals surface area (Å²) in [6.45, 7) is 13.7. The summed E-state index contributed by atoms with van der Waals surface area (Å²) < 4.78 is 44.2. The van der Waals surface area contributed by atoms with E-state index in [4.69, 9.17) is 33.2 Å². The number of rotatable bonds is 7. The molecule has 14 heteroatoms. The molecule has 13 atom stereocenters. The minimum absolute atomic E-state index is 0.0164. The Bertz CT molecular complexity index is 1610. The summed E-state index contributed by atoms with van der Waals surface area (Å²) in [5.41, 5.74) is -5.33. The van der Waals surface area contributed by atoms with E-state index in [1.165, 1.54) is 47.0 Å². The molecule has 2 heterocycles. The van der Waals surface area contributed by atoms with Crippen molar-refractivity contribution >= 4 is 35.8 Å². The van der Waals surface area contributed by atoms with Gasteiger partial charge in [-0.15, -0.1) is 0 Å². The summed E-state index contributed by atoms with van der Waals surface area (Å²) >= 11 is 0. The van der Waals surface area contributed by atoms with Crippen molar-refractivity contribution in [2.45, 2.75) is 117 Å². The number of carbonyl (C=O) groups excluding carboxylic acids is 6. The number of hydrogen-bond acceptors (Lipinski definition) is 14. The molecular weight excluding hydrogens is 654 g/mol. The third-order valence-electron chi connectivity index (χ3n) is 12.0. The Morgan fingerprint density at radius 3 is 2.02 bits per heavy atom. The number of nitrogens with zero attached hydrogens (tertiary/aromatic N) is 1. The van der Waals surface area contributed by atoms with Crippen molar-refractivity contribution < 1.29 is 61.9 Å². The molecular formula is C36H45NO13. The molecule has 2 bridgehead atoms. The maximum absolute atomic E-state index is 13.9. The minimum Gasteiger partial charge on any atom is -0.462 e. The summed E-state index contributed by atoms with van der Waals surface area (Å²) in [6.07, 6.45) is -3.41. The van der Waals surface area contributed by atoms with Gasteiger partial charge in [-0.05, 0) is 55.1 Å². The van der Waals surface area contributed by atoms with Gasteiger partial charge in [0.05, 0.1) is 11.5 Å². The maximum atomic E-state index is 13.9. The molecule has 272 valence electrons. The molecule has 14 nitrogen and oxygen atoms in total. The average molecular weight is 700 g/mol. The van der Waals surface area contributed by atoms with Crippen LogP contribution in [0.3, 0.4) is 0 Å². The van der Waals surface area contributed by atoms with E-state index in [-0.39, 0.29) is 30.2 Å². The zero-order valence-corrected chi connectivity index (χ0v) is 29.8. The fraction of sp³-hybridized carbons (Fsp3) is 0.694. The molecule has 1 aromatic rings. The van der Waals surface area contributed by atoms with E-state index in [0.717, 1.165) is 0 Å². The van der Waals surface area contributed by atoms with Crippen molar-refractivity contribution in [2.75, 3.05) is 0 Å². The molecule has 4 aliphatic carbocycles. The van der Waals surface area contributed by atoms with Gasteiger partial charge in [0.15, 0.2) is 11.7 Å². The smallest absolute Gasteiger partial charge is 0.340 e. The highest BCUT2D eigenvalue weighted by Crippen LogP contribution is 2.80.